The summed E-state index contributed by atoms with van der Waals surface area (Å²) in [5.74, 6) is 0.0482. The molecule has 4 nitrogen and oxygen atoms in total. The molecule has 1 atom stereocenters. The van der Waals surface area contributed by atoms with Crippen molar-refractivity contribution in [3.8, 4) is 5.75 Å². The molecule has 1 aromatic rings. The van der Waals surface area contributed by atoms with Gasteiger partial charge in [-0.05, 0) is 24.1 Å². The Hall–Kier alpha value is -1.84. The van der Waals surface area contributed by atoms with E-state index in [1.54, 1.807) is 0 Å². The largest absolute Gasteiger partial charge is 0.494 e. The van der Waals surface area contributed by atoms with Crippen LogP contribution < -0.4 is 10.1 Å². The molecule has 18 heavy (non-hydrogen) atoms. The summed E-state index contributed by atoms with van der Waals surface area (Å²) in [5.41, 5.74) is 0.862. The lowest BCUT2D eigenvalue weighted by Crippen LogP contribution is -2.21. The molecular formula is C14H17NO3. The summed E-state index contributed by atoms with van der Waals surface area (Å²) in [7, 11) is 0. The molecule has 0 radical (unpaired) electrons. The van der Waals surface area contributed by atoms with E-state index in [1.807, 2.05) is 24.3 Å². The number of carbonyl (C=O) groups excluding carboxylic acids is 2. The number of nitrogens with one attached hydrogen (secondary N) is 1. The van der Waals surface area contributed by atoms with E-state index in [2.05, 4.69) is 12.2 Å². The first-order valence-electron chi connectivity index (χ1n) is 6.27. The Labute approximate surface area is 106 Å². The highest BCUT2D eigenvalue weighted by molar-refractivity contribution is 6.06. The first-order valence-corrected chi connectivity index (χ1v) is 6.27. The number of rotatable bonds is 5. The van der Waals surface area contributed by atoms with Gasteiger partial charge in [0, 0.05) is 6.42 Å². The Morgan fingerprint density at radius 1 is 1.28 bits per heavy atom. The van der Waals surface area contributed by atoms with Crippen molar-refractivity contribution in [1.82, 2.24) is 5.32 Å². The van der Waals surface area contributed by atoms with E-state index in [1.165, 1.54) is 0 Å². The Kier molecular flexibility index (Phi) is 3.97. The highest BCUT2D eigenvalue weighted by atomic mass is 16.5. The minimum absolute atomic E-state index is 0.201. The summed E-state index contributed by atoms with van der Waals surface area (Å²) in [6.07, 6.45) is 2.37. The van der Waals surface area contributed by atoms with Crippen LogP contribution in [0.4, 0.5) is 0 Å². The average Bonchev–Trinajstić information content (AvgIpc) is 2.70. The molecule has 0 bridgehead atoms. The van der Waals surface area contributed by atoms with Crippen molar-refractivity contribution in [1.29, 1.82) is 0 Å². The van der Waals surface area contributed by atoms with Gasteiger partial charge in [-0.2, -0.15) is 0 Å². The van der Waals surface area contributed by atoms with Crippen LogP contribution in [0, 0.1) is 0 Å². The predicted octanol–water partition coefficient (Wildman–Crippen LogP) is 2.00. The summed E-state index contributed by atoms with van der Waals surface area (Å²) in [6.45, 7) is 2.82. The van der Waals surface area contributed by atoms with Crippen molar-refractivity contribution in [3.05, 3.63) is 29.8 Å². The van der Waals surface area contributed by atoms with Crippen LogP contribution in [0.25, 0.3) is 0 Å². The summed E-state index contributed by atoms with van der Waals surface area (Å²) < 4.78 is 5.54. The molecular weight excluding hydrogens is 230 g/mol. The molecule has 0 unspecified atom stereocenters. The number of carbonyl (C=O) groups is 2. The molecule has 1 N–H and O–H groups in total. The molecule has 2 rings (SSSR count). The Morgan fingerprint density at radius 2 is 2.00 bits per heavy atom. The Bertz CT molecular complexity index is 439. The number of imide groups is 1. The molecule has 0 saturated carbocycles. The molecule has 1 aliphatic rings. The van der Waals surface area contributed by atoms with Crippen LogP contribution >= 0.6 is 0 Å². The normalized spacial score (nSPS) is 18.8. The van der Waals surface area contributed by atoms with Crippen molar-refractivity contribution < 1.29 is 14.3 Å². The molecule has 0 aromatic heterocycles. The van der Waals surface area contributed by atoms with Crippen LogP contribution in [0.15, 0.2) is 24.3 Å². The molecule has 1 saturated heterocycles. The zero-order valence-corrected chi connectivity index (χ0v) is 10.4. The third-order valence-electron chi connectivity index (χ3n) is 3.02. The molecule has 1 heterocycles. The van der Waals surface area contributed by atoms with Gasteiger partial charge in [-0.15, -0.1) is 0 Å². The molecule has 2 amide bonds. The second-order valence-electron chi connectivity index (χ2n) is 4.44. The van der Waals surface area contributed by atoms with E-state index in [9.17, 15) is 9.59 Å². The molecule has 4 heteroatoms. The van der Waals surface area contributed by atoms with E-state index < -0.39 is 0 Å². The third kappa shape index (κ3) is 2.88. The van der Waals surface area contributed by atoms with Gasteiger partial charge in [-0.1, -0.05) is 25.5 Å². The maximum absolute atomic E-state index is 11.5. The first-order chi connectivity index (χ1) is 8.70. The smallest absolute Gasteiger partial charge is 0.234 e. The second kappa shape index (κ2) is 5.67. The lowest BCUT2D eigenvalue weighted by molar-refractivity contribution is -0.125. The van der Waals surface area contributed by atoms with Gasteiger partial charge in [-0.25, -0.2) is 0 Å². The lowest BCUT2D eigenvalue weighted by Gasteiger charge is -2.09. The summed E-state index contributed by atoms with van der Waals surface area (Å²) in [6, 6.07) is 7.40. The van der Waals surface area contributed by atoms with Crippen molar-refractivity contribution in [2.45, 2.75) is 32.1 Å². The van der Waals surface area contributed by atoms with Crippen LogP contribution in [0.5, 0.6) is 5.75 Å². The summed E-state index contributed by atoms with van der Waals surface area (Å²) in [5, 5.41) is 2.31. The molecule has 1 aliphatic heterocycles. The molecule has 1 fully saturated rings. The fraction of sp³-hybridized carbons (Fsp3) is 0.429. The maximum atomic E-state index is 11.5. The van der Waals surface area contributed by atoms with Crippen molar-refractivity contribution >= 4 is 11.8 Å². The summed E-state index contributed by atoms with van der Waals surface area (Å²) >= 11 is 0. The number of ether oxygens (including phenoxy) is 1. The summed E-state index contributed by atoms with van der Waals surface area (Å²) in [4.78, 5) is 22.6. The zero-order chi connectivity index (χ0) is 13.0. The van der Waals surface area contributed by atoms with Gasteiger partial charge in [0.25, 0.3) is 0 Å². The SMILES string of the molecule is CCCCOc1ccc([C@@H]2CC(=O)NC2=O)cc1. The molecule has 1 aromatic carbocycles. The number of amides is 2. The van der Waals surface area contributed by atoms with Gasteiger partial charge < -0.3 is 4.74 Å². The monoisotopic (exact) mass is 247 g/mol. The third-order valence-corrected chi connectivity index (χ3v) is 3.02. The van der Waals surface area contributed by atoms with Gasteiger partial charge in [0.15, 0.2) is 0 Å². The number of benzene rings is 1. The van der Waals surface area contributed by atoms with E-state index >= 15 is 0 Å². The Balaban J connectivity index is 1.99. The van der Waals surface area contributed by atoms with Crippen LogP contribution in [0.1, 0.15) is 37.7 Å². The van der Waals surface area contributed by atoms with Crippen molar-refractivity contribution in [2.75, 3.05) is 6.61 Å². The van der Waals surface area contributed by atoms with Crippen LogP contribution in [-0.4, -0.2) is 18.4 Å². The predicted molar refractivity (Wildman–Crippen MR) is 67.4 cm³/mol. The number of unbranched alkanes of at least 4 members (excludes halogenated alkanes) is 1. The van der Waals surface area contributed by atoms with Crippen molar-refractivity contribution in [2.24, 2.45) is 0 Å². The number of hydrogen-bond donors (Lipinski definition) is 1. The highest BCUT2D eigenvalue weighted by Gasteiger charge is 2.31. The topological polar surface area (TPSA) is 55.4 Å². The van der Waals surface area contributed by atoms with Crippen LogP contribution in [-0.2, 0) is 9.59 Å². The average molecular weight is 247 g/mol. The highest BCUT2D eigenvalue weighted by Crippen LogP contribution is 2.25. The van der Waals surface area contributed by atoms with Crippen molar-refractivity contribution in [3.63, 3.8) is 0 Å². The fourth-order valence-corrected chi connectivity index (χ4v) is 1.95. The van der Waals surface area contributed by atoms with E-state index in [-0.39, 0.29) is 24.2 Å². The quantitative estimate of drug-likeness (QED) is 0.639. The van der Waals surface area contributed by atoms with Gasteiger partial charge >= 0.3 is 0 Å². The van der Waals surface area contributed by atoms with Gasteiger partial charge in [0.05, 0.1) is 12.5 Å². The Morgan fingerprint density at radius 3 is 2.56 bits per heavy atom. The number of hydrogen-bond acceptors (Lipinski definition) is 3. The van der Waals surface area contributed by atoms with Gasteiger partial charge in [0.2, 0.25) is 11.8 Å². The van der Waals surface area contributed by atoms with Crippen LogP contribution in [0.2, 0.25) is 0 Å². The standard InChI is InChI=1S/C14H17NO3/c1-2-3-8-18-11-6-4-10(5-7-11)12-9-13(16)15-14(12)17/h4-7,12H,2-3,8-9H2,1H3,(H,15,16,17)/t12-/m0/s1. The van der Waals surface area contributed by atoms with Gasteiger partial charge in [-0.3, -0.25) is 14.9 Å². The van der Waals surface area contributed by atoms with E-state index in [0.29, 0.717) is 6.61 Å². The molecule has 0 spiro atoms. The fourth-order valence-electron chi connectivity index (χ4n) is 1.95. The molecule has 96 valence electrons. The van der Waals surface area contributed by atoms with Crippen LogP contribution in [0.3, 0.4) is 0 Å². The van der Waals surface area contributed by atoms with E-state index in [0.717, 1.165) is 24.2 Å². The minimum Gasteiger partial charge on any atom is -0.494 e. The van der Waals surface area contributed by atoms with E-state index in [4.69, 9.17) is 4.74 Å². The first kappa shape index (κ1) is 12.6. The van der Waals surface area contributed by atoms with Gasteiger partial charge in [0.1, 0.15) is 5.75 Å². The maximum Gasteiger partial charge on any atom is 0.234 e. The zero-order valence-electron chi connectivity index (χ0n) is 10.4. The lowest BCUT2D eigenvalue weighted by atomic mass is 9.98. The second-order valence-corrected chi connectivity index (χ2v) is 4.44. The molecule has 0 aliphatic carbocycles. The minimum atomic E-state index is -0.345.